The Morgan fingerprint density at radius 2 is 2.04 bits per heavy atom. The highest BCUT2D eigenvalue weighted by molar-refractivity contribution is 6.30. The summed E-state index contributed by atoms with van der Waals surface area (Å²) in [5.74, 6) is 1.82. The largest absolute Gasteiger partial charge is 0.485 e. The number of aromatic nitrogens is 1. The van der Waals surface area contributed by atoms with E-state index in [1.807, 2.05) is 12.1 Å². The Kier molecular flexibility index (Phi) is 6.59. The lowest BCUT2D eigenvalue weighted by atomic mass is 9.94. The predicted octanol–water partition coefficient (Wildman–Crippen LogP) is 4.55. The van der Waals surface area contributed by atoms with E-state index in [2.05, 4.69) is 17.1 Å². The summed E-state index contributed by atoms with van der Waals surface area (Å²) in [6.07, 6.45) is 6.65. The number of hydrogen-bond donors (Lipinski definition) is 0. The van der Waals surface area contributed by atoms with Crippen molar-refractivity contribution in [3.8, 4) is 11.6 Å². The molecule has 6 heteroatoms. The molecule has 1 saturated carbocycles. The van der Waals surface area contributed by atoms with E-state index in [0.717, 1.165) is 6.54 Å². The summed E-state index contributed by atoms with van der Waals surface area (Å²) in [5.41, 5.74) is 0. The highest BCUT2D eigenvalue weighted by Gasteiger charge is 2.17. The van der Waals surface area contributed by atoms with Crippen LogP contribution in [-0.2, 0) is 6.61 Å². The molecule has 1 aromatic heterocycles. The van der Waals surface area contributed by atoms with E-state index in [-0.39, 0.29) is 0 Å². The van der Waals surface area contributed by atoms with E-state index in [4.69, 9.17) is 25.6 Å². The van der Waals surface area contributed by atoms with E-state index in [1.165, 1.54) is 32.1 Å². The number of benzene rings is 1. The Morgan fingerprint density at radius 1 is 1.20 bits per heavy atom. The maximum atomic E-state index is 5.93. The van der Waals surface area contributed by atoms with Crippen LogP contribution >= 0.6 is 11.6 Å². The van der Waals surface area contributed by atoms with Crippen molar-refractivity contribution in [3.05, 3.63) is 41.1 Å². The lowest BCUT2D eigenvalue weighted by Crippen LogP contribution is -2.36. The second-order valence-corrected chi connectivity index (χ2v) is 6.93. The Balaban J connectivity index is 1.39. The van der Waals surface area contributed by atoms with Gasteiger partial charge in [-0.2, -0.15) is 0 Å². The van der Waals surface area contributed by atoms with Crippen LogP contribution in [0.25, 0.3) is 0 Å². The molecule has 0 N–H and O–H groups in total. The van der Waals surface area contributed by atoms with Crippen molar-refractivity contribution in [1.29, 1.82) is 0 Å². The van der Waals surface area contributed by atoms with Crippen LogP contribution in [0.3, 0.4) is 0 Å². The van der Waals surface area contributed by atoms with Crippen molar-refractivity contribution >= 4 is 11.6 Å². The average molecular weight is 365 g/mol. The van der Waals surface area contributed by atoms with Gasteiger partial charge in [0.25, 0.3) is 5.88 Å². The summed E-state index contributed by atoms with van der Waals surface area (Å²) in [4.78, 5) is 2.39. The molecule has 0 bridgehead atoms. The fourth-order valence-corrected chi connectivity index (χ4v) is 3.32. The minimum atomic E-state index is 0.290. The molecule has 1 aliphatic rings. The Labute approximate surface area is 153 Å². The second-order valence-electron chi connectivity index (χ2n) is 6.50. The van der Waals surface area contributed by atoms with Crippen molar-refractivity contribution in [1.82, 2.24) is 10.1 Å². The smallest absolute Gasteiger partial charge is 0.254 e. The number of ether oxygens (including phenoxy) is 2. The van der Waals surface area contributed by atoms with Crippen LogP contribution in [0.5, 0.6) is 11.6 Å². The molecule has 0 unspecified atom stereocenters. The normalized spacial score (nSPS) is 15.5. The third-order valence-electron chi connectivity index (χ3n) is 4.61. The number of hydrogen-bond acceptors (Lipinski definition) is 5. The van der Waals surface area contributed by atoms with E-state index >= 15 is 0 Å². The van der Waals surface area contributed by atoms with Gasteiger partial charge in [-0.05, 0) is 43.2 Å². The molecular formula is C19H25ClN2O3. The van der Waals surface area contributed by atoms with E-state index in [1.54, 1.807) is 18.2 Å². The van der Waals surface area contributed by atoms with Gasteiger partial charge in [0.2, 0.25) is 0 Å². The zero-order valence-electron chi connectivity index (χ0n) is 14.6. The second kappa shape index (κ2) is 9.11. The molecule has 3 rings (SSSR count). The molecule has 1 aliphatic carbocycles. The lowest BCUT2D eigenvalue weighted by Gasteiger charge is -2.30. The number of halogens is 1. The summed E-state index contributed by atoms with van der Waals surface area (Å²) in [5, 5.41) is 4.57. The number of nitrogens with zero attached hydrogens (tertiary/aromatic N) is 2. The lowest BCUT2D eigenvalue weighted by molar-refractivity contribution is 0.155. The standard InChI is InChI=1S/C19H25ClN2O3/c1-22(16-7-3-2-4-8-16)10-11-23-19-13-18(25-21-19)14-24-17-9-5-6-15(20)12-17/h5-6,9,12-13,16H,2-4,7-8,10-11,14H2,1H3. The molecule has 0 spiro atoms. The van der Waals surface area contributed by atoms with Crippen molar-refractivity contribution < 1.29 is 14.0 Å². The number of rotatable bonds is 8. The molecule has 5 nitrogen and oxygen atoms in total. The van der Waals surface area contributed by atoms with E-state index in [0.29, 0.717) is 41.7 Å². The van der Waals surface area contributed by atoms with Crippen molar-refractivity contribution in [2.45, 2.75) is 44.8 Å². The molecule has 1 heterocycles. The molecular weight excluding hydrogens is 340 g/mol. The van der Waals surface area contributed by atoms with E-state index in [9.17, 15) is 0 Å². The van der Waals surface area contributed by atoms with Gasteiger partial charge >= 0.3 is 0 Å². The molecule has 0 atom stereocenters. The first kappa shape index (κ1) is 18.1. The quantitative estimate of drug-likeness (QED) is 0.687. The first-order valence-corrected chi connectivity index (χ1v) is 9.25. The Hall–Kier alpha value is -1.72. The zero-order chi connectivity index (χ0) is 17.5. The first-order chi connectivity index (χ1) is 12.2. The van der Waals surface area contributed by atoms with Crippen LogP contribution in [0.4, 0.5) is 0 Å². The summed E-state index contributed by atoms with van der Waals surface area (Å²) >= 11 is 5.93. The van der Waals surface area contributed by atoms with Crippen LogP contribution in [0.15, 0.2) is 34.9 Å². The maximum absolute atomic E-state index is 5.93. The molecule has 2 aromatic rings. The average Bonchev–Trinajstić information content (AvgIpc) is 3.08. The van der Waals surface area contributed by atoms with Crippen LogP contribution in [0.2, 0.25) is 5.02 Å². The summed E-state index contributed by atoms with van der Waals surface area (Å²) in [6, 6.07) is 9.72. The van der Waals surface area contributed by atoms with Gasteiger partial charge in [-0.25, -0.2) is 0 Å². The predicted molar refractivity (Wildman–Crippen MR) is 97.3 cm³/mol. The van der Waals surface area contributed by atoms with Gasteiger partial charge in [0.15, 0.2) is 5.76 Å². The molecule has 0 radical (unpaired) electrons. The van der Waals surface area contributed by atoms with Crippen LogP contribution in [0.1, 0.15) is 37.9 Å². The summed E-state index contributed by atoms with van der Waals surface area (Å²) in [6.45, 7) is 1.79. The fraction of sp³-hybridized carbons (Fsp3) is 0.526. The van der Waals surface area contributed by atoms with Crippen molar-refractivity contribution in [2.24, 2.45) is 0 Å². The molecule has 1 aromatic carbocycles. The van der Waals surface area contributed by atoms with Crippen molar-refractivity contribution in [2.75, 3.05) is 20.2 Å². The molecule has 0 amide bonds. The van der Waals surface area contributed by atoms with Crippen LogP contribution in [0, 0.1) is 0 Å². The molecule has 0 saturated heterocycles. The van der Waals surface area contributed by atoms with Crippen LogP contribution < -0.4 is 9.47 Å². The SMILES string of the molecule is CN(CCOc1cc(COc2cccc(Cl)c2)on1)C1CCCCC1. The maximum Gasteiger partial charge on any atom is 0.254 e. The molecule has 1 fully saturated rings. The molecule has 0 aliphatic heterocycles. The third-order valence-corrected chi connectivity index (χ3v) is 4.84. The minimum Gasteiger partial charge on any atom is -0.485 e. The monoisotopic (exact) mass is 364 g/mol. The first-order valence-electron chi connectivity index (χ1n) is 8.88. The van der Waals surface area contributed by atoms with Gasteiger partial charge in [0, 0.05) is 23.7 Å². The van der Waals surface area contributed by atoms with Gasteiger partial charge in [-0.1, -0.05) is 36.9 Å². The summed E-state index contributed by atoms with van der Waals surface area (Å²) in [7, 11) is 2.17. The van der Waals surface area contributed by atoms with Gasteiger partial charge < -0.3 is 18.9 Å². The Morgan fingerprint density at radius 3 is 2.84 bits per heavy atom. The van der Waals surface area contributed by atoms with Crippen LogP contribution in [-0.4, -0.2) is 36.3 Å². The fourth-order valence-electron chi connectivity index (χ4n) is 3.14. The number of likely N-dealkylation sites (N-methyl/N-ethyl adjacent to an activating group) is 1. The molecule has 136 valence electrons. The van der Waals surface area contributed by atoms with Gasteiger partial charge in [-0.15, -0.1) is 0 Å². The van der Waals surface area contributed by atoms with E-state index < -0.39 is 0 Å². The summed E-state index contributed by atoms with van der Waals surface area (Å²) < 4.78 is 16.6. The van der Waals surface area contributed by atoms with Gasteiger partial charge in [0.05, 0.1) is 0 Å². The zero-order valence-corrected chi connectivity index (χ0v) is 15.4. The Bertz CT molecular complexity index is 656. The topological polar surface area (TPSA) is 47.7 Å². The highest BCUT2D eigenvalue weighted by Crippen LogP contribution is 2.22. The highest BCUT2D eigenvalue weighted by atomic mass is 35.5. The van der Waals surface area contributed by atoms with Crippen molar-refractivity contribution in [3.63, 3.8) is 0 Å². The third kappa shape index (κ3) is 5.65. The van der Waals surface area contributed by atoms with Gasteiger partial charge in [0.1, 0.15) is 19.0 Å². The minimum absolute atomic E-state index is 0.290. The van der Waals surface area contributed by atoms with Gasteiger partial charge in [-0.3, -0.25) is 0 Å². The molecule has 25 heavy (non-hydrogen) atoms.